The van der Waals surface area contributed by atoms with E-state index in [0.29, 0.717) is 12.2 Å². The number of hydrogen-bond donors (Lipinski definition) is 2. The van der Waals surface area contributed by atoms with Crippen molar-refractivity contribution in [1.29, 1.82) is 0 Å². The second-order valence-electron chi connectivity index (χ2n) is 4.29. The van der Waals surface area contributed by atoms with Crippen LogP contribution in [-0.2, 0) is 18.0 Å². The molecule has 0 amide bonds. The smallest absolute Gasteiger partial charge is 0.115 e. The molecule has 0 spiro atoms. The van der Waals surface area contributed by atoms with Gasteiger partial charge in [-0.15, -0.1) is 0 Å². The highest BCUT2D eigenvalue weighted by atomic mass is 19.1. The molecule has 0 saturated carbocycles. The van der Waals surface area contributed by atoms with Crippen molar-refractivity contribution < 1.29 is 9.13 Å². The van der Waals surface area contributed by atoms with Crippen molar-refractivity contribution in [3.63, 3.8) is 0 Å². The molecule has 0 aliphatic heterocycles. The topological polar surface area (TPSA) is 47.3 Å². The van der Waals surface area contributed by atoms with Crippen molar-refractivity contribution in [1.82, 2.24) is 0 Å². The SMILES string of the molecule is CC.COCc1ccccc1CF.Cc1ccccc1NN. The Labute approximate surface area is 133 Å². The number of hydrazine groups is 1. The fourth-order valence-corrected chi connectivity index (χ4v) is 1.72. The number of nitrogens with one attached hydrogen (secondary N) is 1. The molecule has 0 atom stereocenters. The monoisotopic (exact) mass is 306 g/mol. The molecule has 2 rings (SSSR count). The molecule has 0 bridgehead atoms. The summed E-state index contributed by atoms with van der Waals surface area (Å²) in [4.78, 5) is 0. The van der Waals surface area contributed by atoms with Gasteiger partial charge >= 0.3 is 0 Å². The van der Waals surface area contributed by atoms with Gasteiger partial charge in [0.15, 0.2) is 0 Å². The number of halogens is 1. The Kier molecular flexibility index (Phi) is 11.7. The van der Waals surface area contributed by atoms with Gasteiger partial charge in [-0.05, 0) is 29.7 Å². The maximum absolute atomic E-state index is 12.3. The average molecular weight is 306 g/mol. The molecule has 122 valence electrons. The first kappa shape index (κ1) is 20.1. The normalized spacial score (nSPS) is 9.00. The van der Waals surface area contributed by atoms with Crippen LogP contribution in [-0.4, -0.2) is 7.11 Å². The number of hydrogen-bond acceptors (Lipinski definition) is 3. The average Bonchev–Trinajstić information content (AvgIpc) is 2.58. The second-order valence-corrected chi connectivity index (χ2v) is 4.29. The van der Waals surface area contributed by atoms with Crippen molar-refractivity contribution in [2.75, 3.05) is 12.5 Å². The van der Waals surface area contributed by atoms with Crippen LogP contribution in [0.25, 0.3) is 0 Å². The molecular weight excluding hydrogens is 279 g/mol. The summed E-state index contributed by atoms with van der Waals surface area (Å²) in [5, 5.41) is 0. The van der Waals surface area contributed by atoms with Crippen LogP contribution >= 0.6 is 0 Å². The van der Waals surface area contributed by atoms with Gasteiger partial charge in [-0.1, -0.05) is 56.3 Å². The molecule has 0 radical (unpaired) electrons. The Balaban J connectivity index is 0.000000366. The number of nitrogens with two attached hydrogens (primary N) is 1. The summed E-state index contributed by atoms with van der Waals surface area (Å²) in [6.07, 6.45) is 0. The maximum Gasteiger partial charge on any atom is 0.115 e. The van der Waals surface area contributed by atoms with E-state index in [1.165, 1.54) is 5.56 Å². The van der Waals surface area contributed by atoms with E-state index in [0.717, 1.165) is 11.3 Å². The Morgan fingerprint density at radius 2 is 1.55 bits per heavy atom. The number of ether oxygens (including phenoxy) is 1. The fourth-order valence-electron chi connectivity index (χ4n) is 1.72. The summed E-state index contributed by atoms with van der Waals surface area (Å²) >= 11 is 0. The Hall–Kier alpha value is -1.91. The van der Waals surface area contributed by atoms with Gasteiger partial charge in [-0.2, -0.15) is 0 Å². The summed E-state index contributed by atoms with van der Waals surface area (Å²) in [6, 6.07) is 15.2. The molecule has 0 aromatic heterocycles. The lowest BCUT2D eigenvalue weighted by atomic mass is 10.1. The van der Waals surface area contributed by atoms with Crippen LogP contribution in [0.1, 0.15) is 30.5 Å². The Bertz CT molecular complexity index is 518. The van der Waals surface area contributed by atoms with E-state index >= 15 is 0 Å². The zero-order valence-corrected chi connectivity index (χ0v) is 13.9. The minimum atomic E-state index is -0.417. The van der Waals surface area contributed by atoms with Gasteiger partial charge in [0.05, 0.1) is 12.3 Å². The molecule has 0 aliphatic rings. The molecule has 0 aliphatic carbocycles. The lowest BCUT2D eigenvalue weighted by Gasteiger charge is -2.03. The molecule has 0 saturated heterocycles. The van der Waals surface area contributed by atoms with E-state index in [1.54, 1.807) is 13.2 Å². The molecule has 4 heteroatoms. The van der Waals surface area contributed by atoms with Crippen molar-refractivity contribution >= 4 is 5.69 Å². The molecule has 2 aromatic rings. The fraction of sp³-hybridized carbons (Fsp3) is 0.333. The van der Waals surface area contributed by atoms with E-state index in [-0.39, 0.29) is 0 Å². The quantitative estimate of drug-likeness (QED) is 0.640. The predicted molar refractivity (Wildman–Crippen MR) is 92.3 cm³/mol. The van der Waals surface area contributed by atoms with Crippen LogP contribution < -0.4 is 11.3 Å². The van der Waals surface area contributed by atoms with Gasteiger partial charge in [-0.25, -0.2) is 4.39 Å². The van der Waals surface area contributed by atoms with E-state index < -0.39 is 6.67 Å². The second kappa shape index (κ2) is 12.8. The number of rotatable bonds is 4. The minimum Gasteiger partial charge on any atom is -0.380 e. The van der Waals surface area contributed by atoms with Gasteiger partial charge < -0.3 is 10.2 Å². The van der Waals surface area contributed by atoms with Crippen molar-refractivity contribution in [3.05, 3.63) is 65.2 Å². The molecule has 0 fully saturated rings. The third-order valence-electron chi connectivity index (χ3n) is 2.86. The largest absolute Gasteiger partial charge is 0.380 e. The number of nitrogen functional groups attached to an aromatic ring is 1. The van der Waals surface area contributed by atoms with Gasteiger partial charge in [0, 0.05) is 7.11 Å². The lowest BCUT2D eigenvalue weighted by molar-refractivity contribution is 0.183. The number of alkyl halides is 1. The van der Waals surface area contributed by atoms with Crippen LogP contribution in [0.5, 0.6) is 0 Å². The predicted octanol–water partition coefficient (Wildman–Crippen LogP) is 4.61. The maximum atomic E-state index is 12.3. The first-order valence-electron chi connectivity index (χ1n) is 7.36. The standard InChI is InChI=1S/C9H11FO.C7H10N2.C2H6/c1-11-7-9-5-3-2-4-8(9)6-10;1-6-4-2-3-5-7(6)9-8;1-2/h2-5H,6-7H2,1H3;2-5,9H,8H2,1H3;1-2H3. The third kappa shape index (κ3) is 7.20. The summed E-state index contributed by atoms with van der Waals surface area (Å²) < 4.78 is 17.2. The van der Waals surface area contributed by atoms with E-state index in [1.807, 2.05) is 63.2 Å². The summed E-state index contributed by atoms with van der Waals surface area (Å²) in [7, 11) is 1.61. The summed E-state index contributed by atoms with van der Waals surface area (Å²) in [5.41, 5.74) is 6.39. The molecule has 22 heavy (non-hydrogen) atoms. The van der Waals surface area contributed by atoms with Crippen LogP contribution in [0, 0.1) is 6.92 Å². The van der Waals surface area contributed by atoms with E-state index in [2.05, 4.69) is 5.43 Å². The number of anilines is 1. The first-order valence-corrected chi connectivity index (χ1v) is 7.36. The van der Waals surface area contributed by atoms with Crippen molar-refractivity contribution in [3.8, 4) is 0 Å². The van der Waals surface area contributed by atoms with Crippen molar-refractivity contribution in [2.24, 2.45) is 5.84 Å². The minimum absolute atomic E-state index is 0.417. The molecule has 3 nitrogen and oxygen atoms in total. The molecule has 0 unspecified atom stereocenters. The van der Waals surface area contributed by atoms with Crippen molar-refractivity contribution in [2.45, 2.75) is 34.1 Å². The number of para-hydroxylation sites is 1. The van der Waals surface area contributed by atoms with E-state index in [4.69, 9.17) is 10.6 Å². The summed E-state index contributed by atoms with van der Waals surface area (Å²) in [5.74, 6) is 5.20. The Morgan fingerprint density at radius 3 is 2.00 bits per heavy atom. The van der Waals surface area contributed by atoms with Crippen LogP contribution in [0.4, 0.5) is 10.1 Å². The van der Waals surface area contributed by atoms with Crippen LogP contribution in [0.2, 0.25) is 0 Å². The van der Waals surface area contributed by atoms with Gasteiger partial charge in [0.1, 0.15) is 6.67 Å². The van der Waals surface area contributed by atoms with Gasteiger partial charge in [-0.3, -0.25) is 5.84 Å². The third-order valence-corrected chi connectivity index (χ3v) is 2.86. The zero-order valence-electron chi connectivity index (χ0n) is 13.9. The van der Waals surface area contributed by atoms with Crippen LogP contribution in [0.15, 0.2) is 48.5 Å². The van der Waals surface area contributed by atoms with E-state index in [9.17, 15) is 4.39 Å². The molecule has 2 aromatic carbocycles. The zero-order chi connectivity index (χ0) is 16.8. The molecular formula is C18H27FN2O. The Morgan fingerprint density at radius 1 is 1.00 bits per heavy atom. The summed E-state index contributed by atoms with van der Waals surface area (Å²) in [6.45, 7) is 6.08. The highest BCUT2D eigenvalue weighted by Crippen LogP contribution is 2.11. The lowest BCUT2D eigenvalue weighted by Crippen LogP contribution is -2.07. The first-order chi connectivity index (χ1) is 10.7. The van der Waals surface area contributed by atoms with Crippen LogP contribution in [0.3, 0.4) is 0 Å². The van der Waals surface area contributed by atoms with Gasteiger partial charge in [0.25, 0.3) is 0 Å². The highest BCUT2D eigenvalue weighted by Gasteiger charge is 1.98. The molecule has 3 N–H and O–H groups in total. The van der Waals surface area contributed by atoms with Gasteiger partial charge in [0.2, 0.25) is 0 Å². The number of methoxy groups -OCH3 is 1. The highest BCUT2D eigenvalue weighted by molar-refractivity contribution is 5.48. The number of benzene rings is 2. The molecule has 0 heterocycles. The number of aryl methyl sites for hydroxylation is 1.